The fourth-order valence-electron chi connectivity index (χ4n) is 2.36. The molecule has 0 saturated carbocycles. The highest BCUT2D eigenvalue weighted by atomic mass is 35.5. The fraction of sp³-hybridized carbons (Fsp3) is 0.643. The van der Waals surface area contributed by atoms with Crippen molar-refractivity contribution in [1.29, 1.82) is 0 Å². The zero-order chi connectivity index (χ0) is 13.8. The number of rotatable bonds is 4. The maximum atomic E-state index is 11.9. The average molecular weight is 301 g/mol. The Labute approximate surface area is 123 Å². The van der Waals surface area contributed by atoms with Gasteiger partial charge in [-0.3, -0.25) is 4.79 Å². The van der Waals surface area contributed by atoms with Gasteiger partial charge >= 0.3 is 0 Å². The standard InChI is InChI=1S/C14H21ClN2OS/c1-10(2)14(18)17-5-3-12(4-6-17)16-8-13-7-11(15)9-19-13/h7,9-10,12,16H,3-6,8H2,1-2H3. The van der Waals surface area contributed by atoms with Crippen molar-refractivity contribution in [3.8, 4) is 0 Å². The molecular formula is C14H21ClN2OS. The molecule has 0 aliphatic carbocycles. The van der Waals surface area contributed by atoms with Gasteiger partial charge in [0.05, 0.1) is 5.02 Å². The Hall–Kier alpha value is -0.580. The van der Waals surface area contributed by atoms with Gasteiger partial charge in [0.2, 0.25) is 5.91 Å². The van der Waals surface area contributed by atoms with E-state index in [0.717, 1.165) is 37.5 Å². The normalized spacial score (nSPS) is 17.2. The van der Waals surface area contributed by atoms with E-state index in [4.69, 9.17) is 11.6 Å². The second-order valence-electron chi connectivity index (χ2n) is 5.37. The summed E-state index contributed by atoms with van der Waals surface area (Å²) in [7, 11) is 0. The maximum absolute atomic E-state index is 11.9. The molecule has 1 N–H and O–H groups in total. The minimum Gasteiger partial charge on any atom is -0.342 e. The lowest BCUT2D eigenvalue weighted by Crippen LogP contribution is -2.45. The van der Waals surface area contributed by atoms with Crippen LogP contribution in [0.5, 0.6) is 0 Å². The molecule has 1 aliphatic rings. The van der Waals surface area contributed by atoms with Crippen molar-refractivity contribution in [3.05, 3.63) is 21.3 Å². The molecule has 0 aromatic carbocycles. The number of thiophene rings is 1. The molecule has 1 aliphatic heterocycles. The Morgan fingerprint density at radius 2 is 2.21 bits per heavy atom. The maximum Gasteiger partial charge on any atom is 0.225 e. The number of piperidine rings is 1. The summed E-state index contributed by atoms with van der Waals surface area (Å²) < 4.78 is 0. The molecule has 1 saturated heterocycles. The number of carbonyl (C=O) groups excluding carboxylic acids is 1. The molecule has 1 fully saturated rings. The first kappa shape index (κ1) is 14.8. The van der Waals surface area contributed by atoms with Gasteiger partial charge in [0.25, 0.3) is 0 Å². The van der Waals surface area contributed by atoms with E-state index in [1.807, 2.05) is 30.2 Å². The van der Waals surface area contributed by atoms with Crippen molar-refractivity contribution in [2.45, 2.75) is 39.3 Å². The third-order valence-electron chi connectivity index (χ3n) is 3.49. The molecule has 0 spiro atoms. The number of carbonyl (C=O) groups is 1. The van der Waals surface area contributed by atoms with Gasteiger partial charge in [-0.15, -0.1) is 11.3 Å². The van der Waals surface area contributed by atoms with E-state index < -0.39 is 0 Å². The zero-order valence-corrected chi connectivity index (χ0v) is 13.1. The molecule has 19 heavy (non-hydrogen) atoms. The fourth-order valence-corrected chi connectivity index (χ4v) is 3.38. The summed E-state index contributed by atoms with van der Waals surface area (Å²) in [5, 5.41) is 6.33. The topological polar surface area (TPSA) is 32.3 Å². The number of hydrogen-bond donors (Lipinski definition) is 1. The molecule has 0 atom stereocenters. The van der Waals surface area contributed by atoms with E-state index in [1.54, 1.807) is 11.3 Å². The number of nitrogens with one attached hydrogen (secondary N) is 1. The molecule has 0 bridgehead atoms. The summed E-state index contributed by atoms with van der Waals surface area (Å²) in [6.07, 6.45) is 2.08. The second kappa shape index (κ2) is 6.73. The van der Waals surface area contributed by atoms with Gasteiger partial charge in [-0.05, 0) is 18.9 Å². The van der Waals surface area contributed by atoms with E-state index in [-0.39, 0.29) is 11.8 Å². The molecule has 2 rings (SSSR count). The summed E-state index contributed by atoms with van der Waals surface area (Å²) in [6.45, 7) is 6.56. The van der Waals surface area contributed by atoms with Gasteiger partial charge in [-0.25, -0.2) is 0 Å². The average Bonchev–Trinajstić information content (AvgIpc) is 2.82. The number of likely N-dealkylation sites (tertiary alicyclic amines) is 1. The lowest BCUT2D eigenvalue weighted by Gasteiger charge is -2.33. The van der Waals surface area contributed by atoms with Gasteiger partial charge in [0.15, 0.2) is 0 Å². The third kappa shape index (κ3) is 4.20. The smallest absolute Gasteiger partial charge is 0.225 e. The van der Waals surface area contributed by atoms with Crippen LogP contribution in [0.3, 0.4) is 0 Å². The molecule has 3 nitrogen and oxygen atoms in total. The number of amides is 1. The van der Waals surface area contributed by atoms with E-state index in [9.17, 15) is 4.79 Å². The van der Waals surface area contributed by atoms with Crippen molar-refractivity contribution >= 4 is 28.8 Å². The monoisotopic (exact) mass is 300 g/mol. The minimum absolute atomic E-state index is 0.109. The number of nitrogens with zero attached hydrogens (tertiary/aromatic N) is 1. The van der Waals surface area contributed by atoms with E-state index >= 15 is 0 Å². The summed E-state index contributed by atoms with van der Waals surface area (Å²) in [4.78, 5) is 15.1. The quantitative estimate of drug-likeness (QED) is 0.926. The summed E-state index contributed by atoms with van der Waals surface area (Å²) in [5.41, 5.74) is 0. The molecule has 1 amide bonds. The van der Waals surface area contributed by atoms with Crippen molar-refractivity contribution in [2.24, 2.45) is 5.92 Å². The van der Waals surface area contributed by atoms with Gasteiger partial charge in [-0.1, -0.05) is 25.4 Å². The van der Waals surface area contributed by atoms with Crippen LogP contribution in [0.15, 0.2) is 11.4 Å². The Morgan fingerprint density at radius 1 is 1.53 bits per heavy atom. The van der Waals surface area contributed by atoms with Crippen LogP contribution in [0, 0.1) is 5.92 Å². The highest BCUT2D eigenvalue weighted by molar-refractivity contribution is 7.10. The zero-order valence-electron chi connectivity index (χ0n) is 11.5. The van der Waals surface area contributed by atoms with Crippen molar-refractivity contribution in [2.75, 3.05) is 13.1 Å². The minimum atomic E-state index is 0.109. The van der Waals surface area contributed by atoms with Gasteiger partial charge in [0, 0.05) is 41.9 Å². The molecule has 1 aromatic rings. The van der Waals surface area contributed by atoms with Crippen LogP contribution < -0.4 is 5.32 Å². The highest BCUT2D eigenvalue weighted by Gasteiger charge is 2.23. The molecule has 106 valence electrons. The van der Waals surface area contributed by atoms with Crippen LogP contribution in [0.4, 0.5) is 0 Å². The van der Waals surface area contributed by atoms with Crippen LogP contribution >= 0.6 is 22.9 Å². The van der Waals surface area contributed by atoms with Crippen molar-refractivity contribution in [3.63, 3.8) is 0 Å². The van der Waals surface area contributed by atoms with E-state index in [1.165, 1.54) is 4.88 Å². The first-order chi connectivity index (χ1) is 9.06. The van der Waals surface area contributed by atoms with Crippen LogP contribution in [0.2, 0.25) is 5.02 Å². The molecule has 0 unspecified atom stereocenters. The summed E-state index contributed by atoms with van der Waals surface area (Å²) in [6, 6.07) is 2.52. The lowest BCUT2D eigenvalue weighted by atomic mass is 10.0. The predicted octanol–water partition coefficient (Wildman–Crippen LogP) is 3.14. The largest absolute Gasteiger partial charge is 0.342 e. The number of hydrogen-bond acceptors (Lipinski definition) is 3. The SMILES string of the molecule is CC(C)C(=O)N1CCC(NCc2cc(Cl)cs2)CC1. The van der Waals surface area contributed by atoms with E-state index in [2.05, 4.69) is 5.32 Å². The van der Waals surface area contributed by atoms with Gasteiger partial charge in [-0.2, -0.15) is 0 Å². The molecule has 5 heteroatoms. The Kier molecular flexibility index (Phi) is 5.25. The molecule has 1 aromatic heterocycles. The highest BCUT2D eigenvalue weighted by Crippen LogP contribution is 2.20. The third-order valence-corrected chi connectivity index (χ3v) is 4.77. The lowest BCUT2D eigenvalue weighted by molar-refractivity contribution is -0.135. The van der Waals surface area contributed by atoms with E-state index in [0.29, 0.717) is 6.04 Å². The second-order valence-corrected chi connectivity index (χ2v) is 6.80. The Morgan fingerprint density at radius 3 is 2.74 bits per heavy atom. The first-order valence-corrected chi connectivity index (χ1v) is 8.07. The van der Waals surface area contributed by atoms with Crippen LogP contribution in [0.25, 0.3) is 0 Å². The van der Waals surface area contributed by atoms with Crippen molar-refractivity contribution < 1.29 is 4.79 Å². The molecular weight excluding hydrogens is 280 g/mol. The summed E-state index contributed by atoms with van der Waals surface area (Å²) in [5.74, 6) is 0.390. The number of halogens is 1. The Balaban J connectivity index is 1.73. The van der Waals surface area contributed by atoms with Crippen molar-refractivity contribution in [1.82, 2.24) is 10.2 Å². The Bertz CT molecular complexity index is 425. The molecule has 2 heterocycles. The van der Waals surface area contributed by atoms with Gasteiger partial charge < -0.3 is 10.2 Å². The van der Waals surface area contributed by atoms with Crippen LogP contribution in [0.1, 0.15) is 31.6 Å². The van der Waals surface area contributed by atoms with Gasteiger partial charge in [0.1, 0.15) is 0 Å². The molecule has 0 radical (unpaired) electrons. The predicted molar refractivity (Wildman–Crippen MR) is 80.6 cm³/mol. The first-order valence-electron chi connectivity index (χ1n) is 6.81. The van der Waals surface area contributed by atoms with Crippen LogP contribution in [-0.4, -0.2) is 29.9 Å². The summed E-state index contributed by atoms with van der Waals surface area (Å²) >= 11 is 7.59. The van der Waals surface area contributed by atoms with Crippen LogP contribution in [-0.2, 0) is 11.3 Å².